The van der Waals surface area contributed by atoms with Crippen molar-refractivity contribution in [2.45, 2.75) is 77.1 Å². The highest BCUT2D eigenvalue weighted by Crippen LogP contribution is 2.43. The maximum atomic E-state index is 12.8. The summed E-state index contributed by atoms with van der Waals surface area (Å²) in [5.74, 6) is 0. The molecule has 0 spiro atoms. The van der Waals surface area contributed by atoms with Crippen LogP contribution in [0.4, 0.5) is 4.79 Å². The lowest BCUT2D eigenvalue weighted by Crippen LogP contribution is -2.50. The number of imidazole rings is 1. The molecule has 140 valence electrons. The number of fused-ring (bicyclic) bond motifs is 3. The van der Waals surface area contributed by atoms with Crippen LogP contribution in [0.5, 0.6) is 0 Å². The van der Waals surface area contributed by atoms with Crippen LogP contribution >= 0.6 is 11.6 Å². The Morgan fingerprint density at radius 3 is 2.58 bits per heavy atom. The van der Waals surface area contributed by atoms with Crippen LogP contribution in [0.15, 0.2) is 6.33 Å². The van der Waals surface area contributed by atoms with Crippen molar-refractivity contribution in [1.29, 1.82) is 0 Å². The Bertz CT molecular complexity index is 859. The number of hydrogen-bond acceptors (Lipinski definition) is 5. The van der Waals surface area contributed by atoms with Gasteiger partial charge in [-0.05, 0) is 53.4 Å². The molecule has 0 aromatic carbocycles. The van der Waals surface area contributed by atoms with Gasteiger partial charge in [-0.15, -0.1) is 10.2 Å². The number of hydrogen-bond donors (Lipinski definition) is 0. The smallest absolute Gasteiger partial charge is 0.410 e. The topological polar surface area (TPSA) is 73.1 Å². The SMILES string of the molecule is Cc1c(Cl)nnc2c1ncn2[C@@H]1CC[C@@H]2CC[C@H]1N2C(=O)OC(C)(C)C. The fourth-order valence-electron chi connectivity index (χ4n) is 4.28. The minimum Gasteiger partial charge on any atom is -0.444 e. The first-order valence-electron chi connectivity index (χ1n) is 9.13. The summed E-state index contributed by atoms with van der Waals surface area (Å²) in [6.45, 7) is 7.61. The minimum absolute atomic E-state index is 0.0961. The van der Waals surface area contributed by atoms with E-state index in [1.165, 1.54) is 0 Å². The third kappa shape index (κ3) is 2.82. The van der Waals surface area contributed by atoms with Gasteiger partial charge in [-0.3, -0.25) is 0 Å². The van der Waals surface area contributed by atoms with Gasteiger partial charge in [-0.1, -0.05) is 11.6 Å². The van der Waals surface area contributed by atoms with Gasteiger partial charge in [-0.25, -0.2) is 9.78 Å². The zero-order chi connectivity index (χ0) is 18.6. The zero-order valence-electron chi connectivity index (χ0n) is 15.6. The number of nitrogens with zero attached hydrogens (tertiary/aromatic N) is 5. The molecule has 0 N–H and O–H groups in total. The van der Waals surface area contributed by atoms with Gasteiger partial charge in [-0.2, -0.15) is 0 Å². The maximum Gasteiger partial charge on any atom is 0.410 e. The molecule has 7 nitrogen and oxygen atoms in total. The number of carbonyl (C=O) groups excluding carboxylic acids is 1. The number of rotatable bonds is 1. The molecule has 3 atom stereocenters. The van der Waals surface area contributed by atoms with E-state index in [0.29, 0.717) is 5.15 Å². The number of carbonyl (C=O) groups is 1. The van der Waals surface area contributed by atoms with Crippen LogP contribution in [0.1, 0.15) is 58.1 Å². The number of ether oxygens (including phenoxy) is 1. The molecule has 26 heavy (non-hydrogen) atoms. The van der Waals surface area contributed by atoms with Crippen LogP contribution in [-0.4, -0.2) is 48.4 Å². The molecule has 4 heterocycles. The Kier molecular flexibility index (Phi) is 4.10. The maximum absolute atomic E-state index is 12.8. The zero-order valence-corrected chi connectivity index (χ0v) is 16.3. The predicted molar refractivity (Wildman–Crippen MR) is 98.2 cm³/mol. The van der Waals surface area contributed by atoms with Crippen molar-refractivity contribution in [1.82, 2.24) is 24.6 Å². The first-order valence-corrected chi connectivity index (χ1v) is 9.50. The van der Waals surface area contributed by atoms with Crippen molar-refractivity contribution in [2.75, 3.05) is 0 Å². The monoisotopic (exact) mass is 377 g/mol. The van der Waals surface area contributed by atoms with Gasteiger partial charge in [0.15, 0.2) is 10.8 Å². The summed E-state index contributed by atoms with van der Waals surface area (Å²) in [6, 6.07) is 0.489. The van der Waals surface area contributed by atoms with Gasteiger partial charge in [0, 0.05) is 11.6 Å². The third-order valence-corrected chi connectivity index (χ3v) is 5.77. The summed E-state index contributed by atoms with van der Waals surface area (Å²) in [4.78, 5) is 19.2. The van der Waals surface area contributed by atoms with Gasteiger partial charge in [0.2, 0.25) is 0 Å². The van der Waals surface area contributed by atoms with Gasteiger partial charge in [0.1, 0.15) is 11.1 Å². The summed E-state index contributed by atoms with van der Waals surface area (Å²) in [5, 5.41) is 8.70. The number of amides is 1. The van der Waals surface area contributed by atoms with E-state index >= 15 is 0 Å². The molecular weight excluding hydrogens is 354 g/mol. The van der Waals surface area contributed by atoms with Gasteiger partial charge < -0.3 is 14.2 Å². The van der Waals surface area contributed by atoms with E-state index < -0.39 is 5.60 Å². The van der Waals surface area contributed by atoms with E-state index in [2.05, 4.69) is 19.7 Å². The van der Waals surface area contributed by atoms with Crippen molar-refractivity contribution in [3.8, 4) is 0 Å². The van der Waals surface area contributed by atoms with E-state index in [-0.39, 0.29) is 24.2 Å². The quantitative estimate of drug-likeness (QED) is 0.753. The summed E-state index contributed by atoms with van der Waals surface area (Å²) in [6.07, 6.45) is 5.52. The lowest BCUT2D eigenvalue weighted by atomic mass is 9.97. The molecule has 2 saturated heterocycles. The van der Waals surface area contributed by atoms with Gasteiger partial charge in [0.25, 0.3) is 0 Å². The van der Waals surface area contributed by atoms with Gasteiger partial charge in [0.05, 0.1) is 18.4 Å². The Hall–Kier alpha value is -1.89. The summed E-state index contributed by atoms with van der Waals surface area (Å²) in [7, 11) is 0. The Morgan fingerprint density at radius 2 is 1.88 bits per heavy atom. The molecule has 2 fully saturated rings. The van der Waals surface area contributed by atoms with Crippen LogP contribution in [0, 0.1) is 6.92 Å². The molecule has 8 heteroatoms. The van der Waals surface area contributed by atoms with Crippen molar-refractivity contribution in [3.05, 3.63) is 17.0 Å². The molecular formula is C18H24ClN5O2. The fourth-order valence-corrected chi connectivity index (χ4v) is 4.40. The average Bonchev–Trinajstić information content (AvgIpc) is 3.11. The molecule has 2 aromatic rings. The Labute approximate surface area is 157 Å². The number of aromatic nitrogens is 4. The first-order chi connectivity index (χ1) is 12.3. The van der Waals surface area contributed by atoms with Crippen molar-refractivity contribution in [3.63, 3.8) is 0 Å². The average molecular weight is 378 g/mol. The van der Waals surface area contributed by atoms with Crippen LogP contribution in [0.25, 0.3) is 11.2 Å². The highest BCUT2D eigenvalue weighted by atomic mass is 35.5. The van der Waals surface area contributed by atoms with Crippen LogP contribution in [0.3, 0.4) is 0 Å². The molecule has 1 amide bonds. The fraction of sp³-hybridized carbons (Fsp3) is 0.667. The molecule has 0 unspecified atom stereocenters. The molecule has 0 radical (unpaired) electrons. The van der Waals surface area contributed by atoms with Crippen LogP contribution in [0.2, 0.25) is 5.15 Å². The molecule has 2 aliphatic rings. The second-order valence-corrected chi connectivity index (χ2v) is 8.63. The predicted octanol–water partition coefficient (Wildman–Crippen LogP) is 3.89. The summed E-state index contributed by atoms with van der Waals surface area (Å²) >= 11 is 6.08. The molecule has 2 aliphatic heterocycles. The van der Waals surface area contributed by atoms with Crippen molar-refractivity contribution < 1.29 is 9.53 Å². The minimum atomic E-state index is -0.496. The summed E-state index contributed by atoms with van der Waals surface area (Å²) in [5.41, 5.74) is 1.84. The largest absolute Gasteiger partial charge is 0.444 e. The first kappa shape index (κ1) is 17.5. The Balaban J connectivity index is 1.68. The molecule has 2 bridgehead atoms. The van der Waals surface area contributed by atoms with Crippen molar-refractivity contribution in [2.24, 2.45) is 0 Å². The number of piperidine rings is 1. The molecule has 0 saturated carbocycles. The highest BCUT2D eigenvalue weighted by Gasteiger charge is 2.47. The van der Waals surface area contributed by atoms with E-state index in [1.807, 2.05) is 32.6 Å². The Morgan fingerprint density at radius 1 is 1.19 bits per heavy atom. The molecule has 2 aromatic heterocycles. The third-order valence-electron chi connectivity index (χ3n) is 5.41. The number of halogens is 1. The van der Waals surface area contributed by atoms with Crippen molar-refractivity contribution >= 4 is 28.9 Å². The highest BCUT2D eigenvalue weighted by molar-refractivity contribution is 6.30. The lowest BCUT2D eigenvalue weighted by molar-refractivity contribution is 0.000209. The van der Waals surface area contributed by atoms with E-state index in [0.717, 1.165) is 42.4 Å². The second-order valence-electron chi connectivity index (χ2n) is 8.27. The number of aryl methyl sites for hydroxylation is 1. The lowest BCUT2D eigenvalue weighted by Gasteiger charge is -2.40. The summed E-state index contributed by atoms with van der Waals surface area (Å²) < 4.78 is 7.73. The van der Waals surface area contributed by atoms with E-state index in [1.54, 1.807) is 6.33 Å². The molecule has 0 aliphatic carbocycles. The molecule has 4 rings (SSSR count). The second kappa shape index (κ2) is 6.08. The van der Waals surface area contributed by atoms with E-state index in [9.17, 15) is 4.79 Å². The van der Waals surface area contributed by atoms with Gasteiger partial charge >= 0.3 is 6.09 Å². The van der Waals surface area contributed by atoms with E-state index in [4.69, 9.17) is 16.3 Å². The normalized spacial score (nSPS) is 25.7. The van der Waals surface area contributed by atoms with Crippen LogP contribution < -0.4 is 0 Å². The van der Waals surface area contributed by atoms with Crippen LogP contribution in [-0.2, 0) is 4.74 Å². The standard InChI is InChI=1S/C18H24ClN5O2/c1-10-14-16(22-21-15(10)19)23(9-20-14)12-7-5-11-6-8-13(12)24(11)17(25)26-18(2,3)4/h9,11-13H,5-8H2,1-4H3/t11-,12-,13-/m1/s1.